The number of nitrogens with zero attached hydrogens (tertiary/aromatic N) is 2. The fraction of sp³-hybridized carbons (Fsp3) is 0.667. The molecule has 1 aromatic rings. The van der Waals surface area contributed by atoms with Crippen LogP contribution in [0.1, 0.15) is 60.4 Å². The summed E-state index contributed by atoms with van der Waals surface area (Å²) in [5, 5.41) is 6.60. The van der Waals surface area contributed by atoms with Crippen LogP contribution in [0.15, 0.2) is 15.5 Å². The molecule has 2 N–H and O–H groups in total. The topological polar surface area (TPSA) is 96.2 Å². The van der Waals surface area contributed by atoms with Crippen LogP contribution in [-0.2, 0) is 16.1 Å². The first-order valence-electron chi connectivity index (χ1n) is 10.5. The molecule has 1 aliphatic heterocycles. The van der Waals surface area contributed by atoms with Gasteiger partial charge < -0.3 is 24.7 Å². The minimum absolute atomic E-state index is 0. The van der Waals surface area contributed by atoms with Crippen molar-refractivity contribution in [2.45, 2.75) is 58.0 Å². The van der Waals surface area contributed by atoms with Crippen molar-refractivity contribution >= 4 is 41.8 Å². The molecule has 168 valence electrons. The number of furan rings is 1. The van der Waals surface area contributed by atoms with Gasteiger partial charge in [0.05, 0.1) is 13.7 Å². The van der Waals surface area contributed by atoms with Gasteiger partial charge in [0, 0.05) is 32.1 Å². The first-order chi connectivity index (χ1) is 14.0. The molecule has 1 unspecified atom stereocenters. The van der Waals surface area contributed by atoms with Crippen molar-refractivity contribution in [3.63, 3.8) is 0 Å². The molecule has 1 saturated heterocycles. The number of methoxy groups -OCH3 is 1. The third kappa shape index (κ3) is 6.12. The summed E-state index contributed by atoms with van der Waals surface area (Å²) in [5.41, 5.74) is 0.430. The number of aliphatic imine (C=N–C) groups is 1. The van der Waals surface area contributed by atoms with E-state index in [0.29, 0.717) is 42.0 Å². The predicted octanol–water partition coefficient (Wildman–Crippen LogP) is 2.84. The lowest BCUT2D eigenvalue weighted by molar-refractivity contribution is -0.135. The molecule has 9 heteroatoms. The van der Waals surface area contributed by atoms with Gasteiger partial charge >= 0.3 is 5.97 Å². The van der Waals surface area contributed by atoms with Crippen LogP contribution in [0.3, 0.4) is 0 Å². The van der Waals surface area contributed by atoms with Crippen LogP contribution in [0.5, 0.6) is 0 Å². The zero-order valence-corrected chi connectivity index (χ0v) is 20.4. The highest BCUT2D eigenvalue weighted by Gasteiger charge is 2.31. The molecule has 30 heavy (non-hydrogen) atoms. The second-order valence-corrected chi connectivity index (χ2v) is 7.85. The van der Waals surface area contributed by atoms with Crippen LogP contribution in [-0.4, -0.2) is 56.0 Å². The molecule has 0 bridgehead atoms. The summed E-state index contributed by atoms with van der Waals surface area (Å²) >= 11 is 0. The standard InChI is InChI=1S/C21H32N4O4.HI/c1-14-18(20(27)28-3)11-17(29-14)12-23-21(22-2)24-16-9-10-25(13-16)19(26)15-7-5-4-6-8-15;/h11,15-16H,4-10,12-13H2,1-3H3,(H2,22,23,24);1H. The van der Waals surface area contributed by atoms with Crippen LogP contribution in [0.2, 0.25) is 0 Å². The number of guanidine groups is 1. The Kier molecular flexibility index (Phi) is 9.44. The van der Waals surface area contributed by atoms with E-state index in [2.05, 4.69) is 15.6 Å². The number of hydrogen-bond acceptors (Lipinski definition) is 5. The number of amides is 1. The largest absolute Gasteiger partial charge is 0.465 e. The van der Waals surface area contributed by atoms with Gasteiger partial charge in [-0.15, -0.1) is 24.0 Å². The molecular formula is C21H33IN4O4. The van der Waals surface area contributed by atoms with E-state index in [1.54, 1.807) is 20.0 Å². The zero-order valence-electron chi connectivity index (χ0n) is 18.0. The molecule has 2 heterocycles. The van der Waals surface area contributed by atoms with Crippen LogP contribution in [0.4, 0.5) is 0 Å². The van der Waals surface area contributed by atoms with Gasteiger partial charge in [-0.05, 0) is 32.3 Å². The smallest absolute Gasteiger partial charge is 0.341 e. The van der Waals surface area contributed by atoms with Crippen molar-refractivity contribution in [2.24, 2.45) is 10.9 Å². The van der Waals surface area contributed by atoms with E-state index in [0.717, 1.165) is 25.8 Å². The molecule has 0 aromatic carbocycles. The van der Waals surface area contributed by atoms with Crippen molar-refractivity contribution in [2.75, 3.05) is 27.2 Å². The minimum atomic E-state index is -0.409. The number of aryl methyl sites for hydroxylation is 1. The van der Waals surface area contributed by atoms with Crippen molar-refractivity contribution in [3.8, 4) is 0 Å². The summed E-state index contributed by atoms with van der Waals surface area (Å²) in [4.78, 5) is 30.7. The summed E-state index contributed by atoms with van der Waals surface area (Å²) in [6.45, 7) is 3.64. The quantitative estimate of drug-likeness (QED) is 0.262. The monoisotopic (exact) mass is 532 g/mol. The predicted molar refractivity (Wildman–Crippen MR) is 125 cm³/mol. The Bertz CT molecular complexity index is 758. The van der Waals surface area contributed by atoms with Crippen molar-refractivity contribution in [3.05, 3.63) is 23.2 Å². The van der Waals surface area contributed by atoms with Gasteiger partial charge in [0.1, 0.15) is 17.1 Å². The van der Waals surface area contributed by atoms with Crippen LogP contribution < -0.4 is 10.6 Å². The number of carbonyl (C=O) groups is 2. The van der Waals surface area contributed by atoms with Gasteiger partial charge in [0.2, 0.25) is 5.91 Å². The summed E-state index contributed by atoms with van der Waals surface area (Å²) in [5.74, 6) is 1.93. The van der Waals surface area contributed by atoms with E-state index in [4.69, 9.17) is 9.15 Å². The van der Waals surface area contributed by atoms with Crippen LogP contribution in [0, 0.1) is 12.8 Å². The number of carbonyl (C=O) groups excluding carboxylic acids is 2. The Balaban J connectivity index is 0.00000320. The third-order valence-corrected chi connectivity index (χ3v) is 5.82. The average molecular weight is 532 g/mol. The van der Waals surface area contributed by atoms with Crippen molar-refractivity contribution in [1.29, 1.82) is 0 Å². The lowest BCUT2D eigenvalue weighted by Gasteiger charge is -2.26. The molecule has 1 saturated carbocycles. The maximum atomic E-state index is 12.7. The molecule has 0 radical (unpaired) electrons. The number of rotatable bonds is 5. The molecule has 2 fully saturated rings. The number of likely N-dealkylation sites (tertiary alicyclic amines) is 1. The van der Waals surface area contributed by atoms with Crippen LogP contribution >= 0.6 is 24.0 Å². The lowest BCUT2D eigenvalue weighted by Crippen LogP contribution is -2.45. The fourth-order valence-electron chi connectivity index (χ4n) is 4.19. The van der Waals surface area contributed by atoms with Gasteiger partial charge in [0.25, 0.3) is 0 Å². The molecule has 1 atom stereocenters. The number of nitrogens with one attached hydrogen (secondary N) is 2. The van der Waals surface area contributed by atoms with Gasteiger partial charge in [-0.1, -0.05) is 19.3 Å². The zero-order chi connectivity index (χ0) is 20.8. The average Bonchev–Trinajstić information content (AvgIpc) is 3.37. The van der Waals surface area contributed by atoms with Crippen molar-refractivity contribution < 1.29 is 18.7 Å². The maximum absolute atomic E-state index is 12.7. The lowest BCUT2D eigenvalue weighted by atomic mass is 9.88. The Morgan fingerprint density at radius 2 is 2.00 bits per heavy atom. The Morgan fingerprint density at radius 3 is 2.67 bits per heavy atom. The van der Waals surface area contributed by atoms with Gasteiger partial charge in [0.15, 0.2) is 5.96 Å². The second-order valence-electron chi connectivity index (χ2n) is 7.85. The molecule has 1 amide bonds. The van der Waals surface area contributed by atoms with E-state index < -0.39 is 5.97 Å². The summed E-state index contributed by atoms with van der Waals surface area (Å²) in [6.07, 6.45) is 6.58. The van der Waals surface area contributed by atoms with Crippen molar-refractivity contribution in [1.82, 2.24) is 15.5 Å². The van der Waals surface area contributed by atoms with Gasteiger partial charge in [-0.2, -0.15) is 0 Å². The third-order valence-electron chi connectivity index (χ3n) is 5.82. The molecule has 8 nitrogen and oxygen atoms in total. The summed E-state index contributed by atoms with van der Waals surface area (Å²) in [7, 11) is 3.06. The molecular weight excluding hydrogens is 499 g/mol. The minimum Gasteiger partial charge on any atom is -0.465 e. The van der Waals surface area contributed by atoms with Gasteiger partial charge in [-0.3, -0.25) is 9.79 Å². The summed E-state index contributed by atoms with van der Waals surface area (Å²) in [6, 6.07) is 1.86. The highest BCUT2D eigenvalue weighted by molar-refractivity contribution is 14.0. The number of hydrogen-bond donors (Lipinski definition) is 2. The molecule has 2 aliphatic rings. The van der Waals surface area contributed by atoms with E-state index in [9.17, 15) is 9.59 Å². The Labute approximate surface area is 195 Å². The molecule has 1 aromatic heterocycles. The highest BCUT2D eigenvalue weighted by Crippen LogP contribution is 2.26. The van der Waals surface area contributed by atoms with E-state index in [-0.39, 0.29) is 35.9 Å². The summed E-state index contributed by atoms with van der Waals surface area (Å²) < 4.78 is 10.4. The van der Waals surface area contributed by atoms with Gasteiger partial charge in [-0.25, -0.2) is 4.79 Å². The maximum Gasteiger partial charge on any atom is 0.341 e. The fourth-order valence-corrected chi connectivity index (χ4v) is 4.19. The van der Waals surface area contributed by atoms with E-state index in [1.165, 1.54) is 26.4 Å². The number of esters is 1. The Hall–Kier alpha value is -1.78. The second kappa shape index (κ2) is 11.6. The van der Waals surface area contributed by atoms with Crippen LogP contribution in [0.25, 0.3) is 0 Å². The molecule has 0 spiro atoms. The number of ether oxygens (including phenoxy) is 1. The molecule has 3 rings (SSSR count). The SMILES string of the molecule is CN=C(NCc1cc(C(=O)OC)c(C)o1)NC1CCN(C(=O)C2CCCCC2)C1.I. The van der Waals surface area contributed by atoms with E-state index in [1.807, 2.05) is 4.90 Å². The molecule has 1 aliphatic carbocycles. The first kappa shape index (κ1) is 24.5. The Morgan fingerprint density at radius 1 is 1.27 bits per heavy atom. The normalized spacial score (nSPS) is 19.9. The first-order valence-corrected chi connectivity index (χ1v) is 10.5. The number of halogens is 1. The van der Waals surface area contributed by atoms with E-state index >= 15 is 0 Å². The highest BCUT2D eigenvalue weighted by atomic mass is 127.